The van der Waals surface area contributed by atoms with Gasteiger partial charge in [0.15, 0.2) is 0 Å². The van der Waals surface area contributed by atoms with Crippen LogP contribution in [-0.2, 0) is 0 Å². The summed E-state index contributed by atoms with van der Waals surface area (Å²) in [6.07, 6.45) is 3.53. The monoisotopic (exact) mass is 259 g/mol. The van der Waals surface area contributed by atoms with Gasteiger partial charge in [0, 0.05) is 6.07 Å². The normalized spacial score (nSPS) is 26.5. The van der Waals surface area contributed by atoms with Crippen molar-refractivity contribution in [3.05, 3.63) is 23.8 Å². The van der Waals surface area contributed by atoms with Crippen LogP contribution >= 0.6 is 0 Å². The first-order valence-electron chi connectivity index (χ1n) is 6.88. The van der Waals surface area contributed by atoms with Gasteiger partial charge in [0.05, 0.1) is 18.8 Å². The first-order chi connectivity index (χ1) is 9.13. The van der Waals surface area contributed by atoms with Crippen molar-refractivity contribution in [2.45, 2.75) is 39.2 Å². The molecule has 2 rings (SSSR count). The molecular formula is C16H21NO2. The molecule has 1 aliphatic carbocycles. The third-order valence-electron chi connectivity index (χ3n) is 4.15. The highest BCUT2D eigenvalue weighted by Gasteiger charge is 2.26. The average molecular weight is 259 g/mol. The minimum absolute atomic E-state index is 0.213. The fourth-order valence-electron chi connectivity index (χ4n) is 2.60. The lowest BCUT2D eigenvalue weighted by atomic mass is 9.80. The minimum atomic E-state index is 0.213. The van der Waals surface area contributed by atoms with Crippen molar-refractivity contribution < 1.29 is 9.47 Å². The van der Waals surface area contributed by atoms with Crippen molar-refractivity contribution in [1.29, 1.82) is 5.26 Å². The number of nitrogens with zero attached hydrogens (tertiary/aromatic N) is 1. The molecule has 0 aliphatic heterocycles. The molecule has 1 aromatic rings. The van der Waals surface area contributed by atoms with Crippen LogP contribution in [0.25, 0.3) is 0 Å². The Morgan fingerprint density at radius 3 is 2.63 bits per heavy atom. The Morgan fingerprint density at radius 2 is 2.00 bits per heavy atom. The summed E-state index contributed by atoms with van der Waals surface area (Å²) in [5.41, 5.74) is 0.576. The Morgan fingerprint density at radius 1 is 1.21 bits per heavy atom. The number of rotatable bonds is 3. The lowest BCUT2D eigenvalue weighted by Crippen LogP contribution is -2.29. The van der Waals surface area contributed by atoms with Gasteiger partial charge in [-0.25, -0.2) is 0 Å². The van der Waals surface area contributed by atoms with Gasteiger partial charge in [-0.2, -0.15) is 5.26 Å². The van der Waals surface area contributed by atoms with Crippen LogP contribution in [0.4, 0.5) is 0 Å². The smallest absolute Gasteiger partial charge is 0.141 e. The summed E-state index contributed by atoms with van der Waals surface area (Å²) in [5, 5.41) is 9.13. The van der Waals surface area contributed by atoms with E-state index in [1.165, 1.54) is 6.42 Å². The zero-order chi connectivity index (χ0) is 13.8. The molecule has 19 heavy (non-hydrogen) atoms. The average Bonchev–Trinajstić information content (AvgIpc) is 2.43. The lowest BCUT2D eigenvalue weighted by molar-refractivity contribution is 0.100. The molecule has 0 spiro atoms. The molecule has 102 valence electrons. The van der Waals surface area contributed by atoms with Crippen molar-refractivity contribution in [2.75, 3.05) is 7.11 Å². The van der Waals surface area contributed by atoms with Gasteiger partial charge in [-0.15, -0.1) is 0 Å². The molecule has 0 bridgehead atoms. The molecular weight excluding hydrogens is 238 g/mol. The van der Waals surface area contributed by atoms with Gasteiger partial charge in [-0.1, -0.05) is 13.8 Å². The predicted molar refractivity (Wildman–Crippen MR) is 74.3 cm³/mol. The largest absolute Gasteiger partial charge is 0.497 e. The first kappa shape index (κ1) is 13.7. The van der Waals surface area contributed by atoms with E-state index in [4.69, 9.17) is 14.7 Å². The van der Waals surface area contributed by atoms with Gasteiger partial charge < -0.3 is 9.47 Å². The van der Waals surface area contributed by atoms with Crippen LogP contribution in [0, 0.1) is 23.2 Å². The van der Waals surface area contributed by atoms with Gasteiger partial charge in [-0.3, -0.25) is 0 Å². The van der Waals surface area contributed by atoms with Gasteiger partial charge in [0.25, 0.3) is 0 Å². The molecule has 3 unspecified atom stereocenters. The van der Waals surface area contributed by atoms with E-state index in [0.29, 0.717) is 17.2 Å². The van der Waals surface area contributed by atoms with Crippen molar-refractivity contribution >= 4 is 0 Å². The molecule has 3 nitrogen and oxygen atoms in total. The number of methoxy groups -OCH3 is 1. The van der Waals surface area contributed by atoms with E-state index in [0.717, 1.165) is 24.5 Å². The van der Waals surface area contributed by atoms with Crippen LogP contribution in [0.1, 0.15) is 38.7 Å². The Labute approximate surface area is 115 Å². The number of hydrogen-bond donors (Lipinski definition) is 0. The zero-order valence-electron chi connectivity index (χ0n) is 11.8. The highest BCUT2D eigenvalue weighted by molar-refractivity contribution is 5.47. The van der Waals surface area contributed by atoms with E-state index in [1.54, 1.807) is 25.3 Å². The summed E-state index contributed by atoms with van der Waals surface area (Å²) < 4.78 is 11.2. The number of hydrogen-bond acceptors (Lipinski definition) is 3. The lowest BCUT2D eigenvalue weighted by Gasteiger charge is -2.32. The number of ether oxygens (including phenoxy) is 2. The van der Waals surface area contributed by atoms with Crippen molar-refractivity contribution in [3.63, 3.8) is 0 Å². The SMILES string of the molecule is COc1ccc(C#N)c(OC2CCC(C)C(C)C2)c1. The third-order valence-corrected chi connectivity index (χ3v) is 4.15. The van der Waals surface area contributed by atoms with E-state index in [-0.39, 0.29) is 6.10 Å². The van der Waals surface area contributed by atoms with E-state index >= 15 is 0 Å². The molecule has 3 heteroatoms. The molecule has 0 saturated heterocycles. The van der Waals surface area contributed by atoms with Gasteiger partial charge in [0.2, 0.25) is 0 Å². The van der Waals surface area contributed by atoms with Gasteiger partial charge in [0.1, 0.15) is 17.6 Å². The molecule has 0 amide bonds. The number of benzene rings is 1. The quantitative estimate of drug-likeness (QED) is 0.829. The molecule has 0 heterocycles. The van der Waals surface area contributed by atoms with Crippen LogP contribution < -0.4 is 9.47 Å². The predicted octanol–water partition coefficient (Wildman–Crippen LogP) is 3.77. The fraction of sp³-hybridized carbons (Fsp3) is 0.562. The van der Waals surface area contributed by atoms with Gasteiger partial charge >= 0.3 is 0 Å². The van der Waals surface area contributed by atoms with Crippen molar-refractivity contribution in [3.8, 4) is 17.6 Å². The number of nitriles is 1. The van der Waals surface area contributed by atoms with Crippen LogP contribution in [-0.4, -0.2) is 13.2 Å². The molecule has 0 aromatic heterocycles. The van der Waals surface area contributed by atoms with Crippen LogP contribution in [0.3, 0.4) is 0 Å². The Bertz CT molecular complexity index is 478. The van der Waals surface area contributed by atoms with Gasteiger partial charge in [-0.05, 0) is 43.2 Å². The van der Waals surface area contributed by atoms with Crippen LogP contribution in [0.2, 0.25) is 0 Å². The van der Waals surface area contributed by atoms with Crippen molar-refractivity contribution in [1.82, 2.24) is 0 Å². The second kappa shape index (κ2) is 5.97. The molecule has 1 aliphatic rings. The summed E-state index contributed by atoms with van der Waals surface area (Å²) in [4.78, 5) is 0. The maximum atomic E-state index is 9.13. The van der Waals surface area contributed by atoms with E-state index in [1.807, 2.05) is 0 Å². The van der Waals surface area contributed by atoms with Crippen molar-refractivity contribution in [2.24, 2.45) is 11.8 Å². The maximum absolute atomic E-state index is 9.13. The fourth-order valence-corrected chi connectivity index (χ4v) is 2.60. The van der Waals surface area contributed by atoms with E-state index in [2.05, 4.69) is 19.9 Å². The topological polar surface area (TPSA) is 42.2 Å². The Kier molecular flexibility index (Phi) is 4.31. The second-order valence-electron chi connectivity index (χ2n) is 5.48. The summed E-state index contributed by atoms with van der Waals surface area (Å²) in [6, 6.07) is 7.52. The van der Waals surface area contributed by atoms with Crippen LogP contribution in [0.15, 0.2) is 18.2 Å². The summed E-state index contributed by atoms with van der Waals surface area (Å²) >= 11 is 0. The highest BCUT2D eigenvalue weighted by atomic mass is 16.5. The molecule has 1 saturated carbocycles. The first-order valence-corrected chi connectivity index (χ1v) is 6.88. The Balaban J connectivity index is 2.12. The summed E-state index contributed by atoms with van der Waals surface area (Å²) in [5.74, 6) is 2.82. The maximum Gasteiger partial charge on any atom is 0.141 e. The molecule has 3 atom stereocenters. The molecule has 1 fully saturated rings. The highest BCUT2D eigenvalue weighted by Crippen LogP contribution is 2.33. The van der Waals surface area contributed by atoms with Crippen LogP contribution in [0.5, 0.6) is 11.5 Å². The summed E-state index contributed by atoms with van der Waals surface area (Å²) in [7, 11) is 1.62. The molecule has 0 radical (unpaired) electrons. The minimum Gasteiger partial charge on any atom is -0.497 e. The third kappa shape index (κ3) is 3.20. The summed E-state index contributed by atoms with van der Waals surface area (Å²) in [6.45, 7) is 4.57. The molecule has 1 aromatic carbocycles. The van der Waals surface area contributed by atoms with E-state index in [9.17, 15) is 0 Å². The van der Waals surface area contributed by atoms with E-state index < -0.39 is 0 Å². The Hall–Kier alpha value is -1.69. The standard InChI is InChI=1S/C16H21NO2/c1-11-4-6-15(8-12(11)2)19-16-9-14(18-3)7-5-13(16)10-17/h5,7,9,11-12,15H,4,6,8H2,1-3H3. The zero-order valence-corrected chi connectivity index (χ0v) is 11.8. The molecule has 0 N–H and O–H groups in total. The second-order valence-corrected chi connectivity index (χ2v) is 5.48.